The SMILES string of the molecule is C=CCN1C(=O)C(=O)N(Cc2cc(Cl)ccc2OC)C1=O. The Balaban J connectivity index is 2.29. The predicted octanol–water partition coefficient (Wildman–Crippen LogP) is 1.83. The molecule has 1 heterocycles. The van der Waals surface area contributed by atoms with Crippen molar-refractivity contribution in [2.75, 3.05) is 13.7 Å². The quantitative estimate of drug-likeness (QED) is 0.473. The molecule has 0 aliphatic carbocycles. The summed E-state index contributed by atoms with van der Waals surface area (Å²) in [6.07, 6.45) is 1.38. The zero-order chi connectivity index (χ0) is 15.6. The molecule has 1 aliphatic heterocycles. The van der Waals surface area contributed by atoms with E-state index in [2.05, 4.69) is 6.58 Å². The van der Waals surface area contributed by atoms with E-state index in [9.17, 15) is 14.4 Å². The summed E-state index contributed by atoms with van der Waals surface area (Å²) in [6.45, 7) is 3.36. The van der Waals surface area contributed by atoms with Crippen molar-refractivity contribution in [3.05, 3.63) is 41.4 Å². The van der Waals surface area contributed by atoms with Crippen molar-refractivity contribution in [1.82, 2.24) is 9.80 Å². The second-order valence-corrected chi connectivity index (χ2v) is 4.77. The van der Waals surface area contributed by atoms with Gasteiger partial charge in [-0.15, -0.1) is 6.58 Å². The highest BCUT2D eigenvalue weighted by Gasteiger charge is 2.43. The highest BCUT2D eigenvalue weighted by atomic mass is 35.5. The zero-order valence-corrected chi connectivity index (χ0v) is 12.1. The third-order valence-electron chi connectivity index (χ3n) is 3.02. The molecular weight excluding hydrogens is 296 g/mol. The van der Waals surface area contributed by atoms with Gasteiger partial charge in [0, 0.05) is 17.1 Å². The van der Waals surface area contributed by atoms with Gasteiger partial charge in [-0.2, -0.15) is 0 Å². The fourth-order valence-corrected chi connectivity index (χ4v) is 2.22. The molecule has 21 heavy (non-hydrogen) atoms. The molecular formula is C14H13ClN2O4. The molecule has 1 aromatic carbocycles. The van der Waals surface area contributed by atoms with E-state index in [1.165, 1.54) is 13.2 Å². The molecule has 0 atom stereocenters. The molecule has 0 spiro atoms. The standard InChI is InChI=1S/C14H13ClN2O4/c1-3-6-16-12(18)13(19)17(14(16)20)8-9-7-10(15)4-5-11(9)21-2/h3-5,7H,1,6,8H2,2H3. The number of nitrogens with zero attached hydrogens (tertiary/aromatic N) is 2. The number of halogens is 1. The monoisotopic (exact) mass is 308 g/mol. The summed E-state index contributed by atoms with van der Waals surface area (Å²) in [5.41, 5.74) is 0.542. The van der Waals surface area contributed by atoms with Crippen LogP contribution in [0.5, 0.6) is 5.75 Å². The van der Waals surface area contributed by atoms with Crippen molar-refractivity contribution in [3.63, 3.8) is 0 Å². The number of carbonyl (C=O) groups is 3. The summed E-state index contributed by atoms with van der Waals surface area (Å²) in [7, 11) is 1.47. The average Bonchev–Trinajstić information content (AvgIpc) is 2.66. The lowest BCUT2D eigenvalue weighted by Crippen LogP contribution is -2.33. The van der Waals surface area contributed by atoms with Crippen LogP contribution in [0.4, 0.5) is 4.79 Å². The van der Waals surface area contributed by atoms with Crippen molar-refractivity contribution in [1.29, 1.82) is 0 Å². The van der Waals surface area contributed by atoms with E-state index < -0.39 is 17.8 Å². The Bertz CT molecular complexity index is 629. The topological polar surface area (TPSA) is 66.9 Å². The largest absolute Gasteiger partial charge is 0.496 e. The molecule has 0 aromatic heterocycles. The van der Waals surface area contributed by atoms with E-state index >= 15 is 0 Å². The van der Waals surface area contributed by atoms with Gasteiger partial charge >= 0.3 is 17.8 Å². The summed E-state index contributed by atoms with van der Waals surface area (Å²) >= 11 is 5.90. The second-order valence-electron chi connectivity index (χ2n) is 4.33. The number of hydrogen-bond donors (Lipinski definition) is 0. The van der Waals surface area contributed by atoms with Crippen LogP contribution in [0.1, 0.15) is 5.56 Å². The summed E-state index contributed by atoms with van der Waals surface area (Å²) in [5.74, 6) is -1.25. The van der Waals surface area contributed by atoms with E-state index in [0.717, 1.165) is 9.80 Å². The normalized spacial score (nSPS) is 14.9. The third-order valence-corrected chi connectivity index (χ3v) is 3.25. The van der Waals surface area contributed by atoms with Crippen LogP contribution in [0.2, 0.25) is 5.02 Å². The maximum absolute atomic E-state index is 12.1. The van der Waals surface area contributed by atoms with Gasteiger partial charge in [-0.1, -0.05) is 17.7 Å². The van der Waals surface area contributed by atoms with Crippen LogP contribution in [-0.4, -0.2) is 41.3 Å². The fraction of sp³-hybridized carbons (Fsp3) is 0.214. The molecule has 0 unspecified atom stereocenters. The van der Waals surface area contributed by atoms with Gasteiger partial charge in [-0.25, -0.2) is 4.79 Å². The molecule has 2 rings (SSSR count). The van der Waals surface area contributed by atoms with Crippen LogP contribution in [0.3, 0.4) is 0 Å². The van der Waals surface area contributed by atoms with Gasteiger partial charge in [0.25, 0.3) is 0 Å². The van der Waals surface area contributed by atoms with Crippen molar-refractivity contribution >= 4 is 29.4 Å². The number of amides is 4. The van der Waals surface area contributed by atoms with Crippen LogP contribution in [0.15, 0.2) is 30.9 Å². The Morgan fingerprint density at radius 1 is 1.24 bits per heavy atom. The van der Waals surface area contributed by atoms with Crippen LogP contribution >= 0.6 is 11.6 Å². The van der Waals surface area contributed by atoms with Gasteiger partial charge in [-0.05, 0) is 18.2 Å². The molecule has 0 radical (unpaired) electrons. The van der Waals surface area contributed by atoms with E-state index in [0.29, 0.717) is 16.3 Å². The molecule has 1 fully saturated rings. The number of hydrogen-bond acceptors (Lipinski definition) is 4. The van der Waals surface area contributed by atoms with Crippen LogP contribution in [0, 0.1) is 0 Å². The van der Waals surface area contributed by atoms with E-state index in [1.54, 1.807) is 18.2 Å². The number of ether oxygens (including phenoxy) is 1. The molecule has 1 saturated heterocycles. The lowest BCUT2D eigenvalue weighted by atomic mass is 10.2. The van der Waals surface area contributed by atoms with E-state index in [1.807, 2.05) is 0 Å². The molecule has 6 nitrogen and oxygen atoms in total. The van der Waals surface area contributed by atoms with E-state index in [4.69, 9.17) is 16.3 Å². The minimum absolute atomic E-state index is 0.00735. The maximum Gasteiger partial charge on any atom is 0.334 e. The van der Waals surface area contributed by atoms with Gasteiger partial charge in [0.1, 0.15) is 5.75 Å². The number of carbonyl (C=O) groups excluding carboxylic acids is 3. The lowest BCUT2D eigenvalue weighted by Gasteiger charge is -2.16. The van der Waals surface area contributed by atoms with Crippen LogP contribution < -0.4 is 4.74 Å². The average molecular weight is 309 g/mol. The molecule has 1 aromatic rings. The molecule has 0 bridgehead atoms. The predicted molar refractivity (Wildman–Crippen MR) is 75.9 cm³/mol. The van der Waals surface area contributed by atoms with Gasteiger partial charge in [0.15, 0.2) is 0 Å². The summed E-state index contributed by atoms with van der Waals surface area (Å²) in [4.78, 5) is 37.4. The summed E-state index contributed by atoms with van der Waals surface area (Å²) < 4.78 is 5.16. The minimum Gasteiger partial charge on any atom is -0.496 e. The molecule has 0 N–H and O–H groups in total. The van der Waals surface area contributed by atoms with Crippen molar-refractivity contribution in [2.24, 2.45) is 0 Å². The Labute approximate surface area is 126 Å². The second kappa shape index (κ2) is 5.97. The molecule has 0 saturated carbocycles. The Hall–Kier alpha value is -2.34. The first-order valence-corrected chi connectivity index (χ1v) is 6.48. The lowest BCUT2D eigenvalue weighted by molar-refractivity contribution is -0.143. The van der Waals surface area contributed by atoms with Gasteiger partial charge < -0.3 is 4.74 Å². The maximum atomic E-state index is 12.1. The molecule has 1 aliphatic rings. The summed E-state index contributed by atoms with van der Waals surface area (Å²) in [6, 6.07) is 4.17. The number of imide groups is 2. The fourth-order valence-electron chi connectivity index (χ4n) is 2.02. The third kappa shape index (κ3) is 2.75. The highest BCUT2D eigenvalue weighted by molar-refractivity contribution is 6.44. The van der Waals surface area contributed by atoms with E-state index in [-0.39, 0.29) is 13.1 Å². The first-order valence-electron chi connectivity index (χ1n) is 6.10. The molecule has 4 amide bonds. The van der Waals surface area contributed by atoms with Gasteiger partial charge in [0.05, 0.1) is 13.7 Å². The van der Waals surface area contributed by atoms with Crippen LogP contribution in [0.25, 0.3) is 0 Å². The van der Waals surface area contributed by atoms with Gasteiger partial charge in [-0.3, -0.25) is 19.4 Å². The Morgan fingerprint density at radius 2 is 1.90 bits per heavy atom. The number of benzene rings is 1. The summed E-state index contributed by atoms with van der Waals surface area (Å²) in [5, 5.41) is 0.444. The van der Waals surface area contributed by atoms with Crippen molar-refractivity contribution in [3.8, 4) is 5.75 Å². The number of urea groups is 1. The first-order chi connectivity index (χ1) is 9.99. The number of rotatable bonds is 5. The van der Waals surface area contributed by atoms with Crippen LogP contribution in [-0.2, 0) is 16.1 Å². The zero-order valence-electron chi connectivity index (χ0n) is 11.3. The highest BCUT2D eigenvalue weighted by Crippen LogP contribution is 2.26. The number of methoxy groups -OCH3 is 1. The minimum atomic E-state index is -0.871. The Kier molecular flexibility index (Phi) is 4.28. The van der Waals surface area contributed by atoms with Gasteiger partial charge in [0.2, 0.25) is 0 Å². The first kappa shape index (κ1) is 15.1. The van der Waals surface area contributed by atoms with Crippen molar-refractivity contribution in [2.45, 2.75) is 6.54 Å². The van der Waals surface area contributed by atoms with Crippen molar-refractivity contribution < 1.29 is 19.1 Å². The molecule has 7 heteroatoms. The molecule has 110 valence electrons. The smallest absolute Gasteiger partial charge is 0.334 e. The Morgan fingerprint density at radius 3 is 2.52 bits per heavy atom.